The first-order valence-electron chi connectivity index (χ1n) is 7.09. The van der Waals surface area contributed by atoms with Crippen LogP contribution in [0.15, 0.2) is 18.7 Å². The summed E-state index contributed by atoms with van der Waals surface area (Å²) in [5, 5.41) is 3.23. The summed E-state index contributed by atoms with van der Waals surface area (Å²) in [5.74, 6) is 1.15. The second-order valence-corrected chi connectivity index (χ2v) is 5.41. The van der Waals surface area contributed by atoms with E-state index in [1.54, 1.807) is 23.3 Å². The molecule has 0 saturated heterocycles. The van der Waals surface area contributed by atoms with Crippen molar-refractivity contribution < 1.29 is 0 Å². The van der Waals surface area contributed by atoms with Crippen molar-refractivity contribution in [3.8, 4) is 5.95 Å². The summed E-state index contributed by atoms with van der Waals surface area (Å²) >= 11 is 0. The first-order chi connectivity index (χ1) is 10.1. The second-order valence-electron chi connectivity index (χ2n) is 5.41. The molecular weight excluding hydrogens is 268 g/mol. The molecule has 0 spiro atoms. The zero-order valence-corrected chi connectivity index (χ0v) is 12.3. The third kappa shape index (κ3) is 3.27. The smallest absolute Gasteiger partial charge is 0.241 e. The van der Waals surface area contributed by atoms with Crippen molar-refractivity contribution >= 4 is 11.9 Å². The lowest BCUT2D eigenvalue weighted by Gasteiger charge is -2.24. The summed E-state index contributed by atoms with van der Waals surface area (Å²) in [7, 11) is 2.16. The van der Waals surface area contributed by atoms with E-state index < -0.39 is 0 Å². The maximum Gasteiger partial charge on any atom is 0.241 e. The van der Waals surface area contributed by atoms with Crippen LogP contribution >= 0.6 is 0 Å². The molecule has 0 bridgehead atoms. The fraction of sp³-hybridized carbons (Fsp3) is 0.538. The highest BCUT2D eigenvalue weighted by atomic mass is 15.3. The van der Waals surface area contributed by atoms with Gasteiger partial charge in [0.05, 0.1) is 0 Å². The Kier molecular flexibility index (Phi) is 3.70. The molecule has 8 heteroatoms. The molecular formula is C13H20N8. The summed E-state index contributed by atoms with van der Waals surface area (Å²) in [5.41, 5.74) is 5.74. The first-order valence-corrected chi connectivity index (χ1v) is 7.09. The van der Waals surface area contributed by atoms with E-state index in [0.29, 0.717) is 17.9 Å². The molecule has 1 aliphatic rings. The van der Waals surface area contributed by atoms with Crippen LogP contribution in [0.25, 0.3) is 5.95 Å². The molecule has 1 atom stereocenters. The predicted molar refractivity (Wildman–Crippen MR) is 80.1 cm³/mol. The summed E-state index contributed by atoms with van der Waals surface area (Å²) in [6.45, 7) is 2.95. The molecule has 8 nitrogen and oxygen atoms in total. The fourth-order valence-electron chi connectivity index (χ4n) is 2.18. The van der Waals surface area contributed by atoms with Gasteiger partial charge in [0.1, 0.15) is 6.33 Å². The van der Waals surface area contributed by atoms with E-state index in [-0.39, 0.29) is 5.95 Å². The number of rotatable bonds is 6. The molecule has 3 N–H and O–H groups in total. The Bertz CT molecular complexity index is 592. The predicted octanol–water partition coefficient (Wildman–Crippen LogP) is 0.534. The minimum Gasteiger partial charge on any atom is -0.368 e. The van der Waals surface area contributed by atoms with Gasteiger partial charge in [-0.25, -0.2) is 4.98 Å². The minimum absolute atomic E-state index is 0.194. The molecule has 0 amide bonds. The zero-order valence-electron chi connectivity index (χ0n) is 12.3. The Morgan fingerprint density at radius 2 is 2.24 bits per heavy atom. The molecule has 0 radical (unpaired) electrons. The van der Waals surface area contributed by atoms with Crippen molar-refractivity contribution in [1.82, 2.24) is 29.4 Å². The number of imidazole rings is 1. The van der Waals surface area contributed by atoms with Crippen molar-refractivity contribution in [3.63, 3.8) is 0 Å². The molecule has 1 fully saturated rings. The number of hydrogen-bond acceptors (Lipinski definition) is 7. The topological polar surface area (TPSA) is 97.8 Å². The Balaban J connectivity index is 1.67. The van der Waals surface area contributed by atoms with Crippen LogP contribution in [0.4, 0.5) is 11.9 Å². The van der Waals surface area contributed by atoms with Gasteiger partial charge in [0.25, 0.3) is 0 Å². The molecule has 2 aromatic rings. The summed E-state index contributed by atoms with van der Waals surface area (Å²) in [4.78, 5) is 19.0. The molecule has 1 unspecified atom stereocenters. The summed E-state index contributed by atoms with van der Waals surface area (Å²) < 4.78 is 1.70. The van der Waals surface area contributed by atoms with Crippen LogP contribution in [-0.2, 0) is 0 Å². The van der Waals surface area contributed by atoms with Gasteiger partial charge < -0.3 is 11.1 Å². The van der Waals surface area contributed by atoms with Gasteiger partial charge in [-0.3, -0.25) is 9.47 Å². The van der Waals surface area contributed by atoms with Gasteiger partial charge in [0, 0.05) is 31.0 Å². The van der Waals surface area contributed by atoms with Crippen molar-refractivity contribution in [1.29, 1.82) is 0 Å². The minimum atomic E-state index is 0.194. The molecule has 1 saturated carbocycles. The largest absolute Gasteiger partial charge is 0.368 e. The van der Waals surface area contributed by atoms with Crippen molar-refractivity contribution in [3.05, 3.63) is 18.7 Å². The molecule has 0 aliphatic heterocycles. The molecule has 2 heterocycles. The lowest BCUT2D eigenvalue weighted by atomic mass is 10.3. The average molecular weight is 288 g/mol. The highest BCUT2D eigenvalue weighted by molar-refractivity contribution is 5.35. The Morgan fingerprint density at radius 3 is 2.90 bits per heavy atom. The van der Waals surface area contributed by atoms with Gasteiger partial charge in [0.2, 0.25) is 17.8 Å². The number of hydrogen-bond donors (Lipinski definition) is 2. The number of likely N-dealkylation sites (N-methyl/N-ethyl adjacent to an activating group) is 1. The molecule has 0 aromatic carbocycles. The normalized spacial score (nSPS) is 16.1. The number of nitrogens with two attached hydrogens (primary N) is 1. The standard InChI is InChI=1S/C13H20N8/c1-9(20(2)10-3-4-10)7-16-12-17-11(14)18-13(19-12)21-6-5-15-8-21/h5-6,8-10H,3-4,7H2,1-2H3,(H3,14,16,17,18,19). The van der Waals surface area contributed by atoms with Crippen LogP contribution in [0.1, 0.15) is 19.8 Å². The lowest BCUT2D eigenvalue weighted by molar-refractivity contribution is 0.257. The molecule has 3 rings (SSSR count). The highest BCUT2D eigenvalue weighted by Crippen LogP contribution is 2.26. The fourth-order valence-corrected chi connectivity index (χ4v) is 2.18. The number of anilines is 2. The second kappa shape index (κ2) is 5.65. The SMILES string of the molecule is CC(CNc1nc(N)nc(-n2ccnc2)n1)N(C)C1CC1. The van der Waals surface area contributed by atoms with Crippen LogP contribution in [0.3, 0.4) is 0 Å². The van der Waals surface area contributed by atoms with Crippen LogP contribution in [0.2, 0.25) is 0 Å². The monoisotopic (exact) mass is 288 g/mol. The van der Waals surface area contributed by atoms with E-state index >= 15 is 0 Å². The molecule has 21 heavy (non-hydrogen) atoms. The van der Waals surface area contributed by atoms with Gasteiger partial charge in [0.15, 0.2) is 0 Å². The van der Waals surface area contributed by atoms with E-state index in [0.717, 1.165) is 12.6 Å². The number of nitrogens with zero attached hydrogens (tertiary/aromatic N) is 6. The van der Waals surface area contributed by atoms with E-state index in [1.165, 1.54) is 12.8 Å². The van der Waals surface area contributed by atoms with Gasteiger partial charge >= 0.3 is 0 Å². The van der Waals surface area contributed by atoms with Crippen molar-refractivity contribution in [2.75, 3.05) is 24.6 Å². The van der Waals surface area contributed by atoms with Crippen LogP contribution in [0, 0.1) is 0 Å². The third-order valence-corrected chi connectivity index (χ3v) is 3.75. The first kappa shape index (κ1) is 13.7. The van der Waals surface area contributed by atoms with E-state index in [1.807, 2.05) is 0 Å². The average Bonchev–Trinajstić information content (AvgIpc) is 3.17. The Labute approximate surface area is 123 Å². The number of nitrogen functional groups attached to an aromatic ring is 1. The quantitative estimate of drug-likeness (QED) is 0.800. The summed E-state index contributed by atoms with van der Waals surface area (Å²) in [6.07, 6.45) is 7.65. The highest BCUT2D eigenvalue weighted by Gasteiger charge is 2.28. The maximum absolute atomic E-state index is 5.74. The van der Waals surface area contributed by atoms with Gasteiger partial charge in [-0.2, -0.15) is 15.0 Å². The van der Waals surface area contributed by atoms with Gasteiger partial charge in [-0.05, 0) is 26.8 Å². The maximum atomic E-state index is 5.74. The molecule has 112 valence electrons. The van der Waals surface area contributed by atoms with Gasteiger partial charge in [-0.1, -0.05) is 0 Å². The Morgan fingerprint density at radius 1 is 1.43 bits per heavy atom. The van der Waals surface area contributed by atoms with E-state index in [4.69, 9.17) is 5.73 Å². The zero-order chi connectivity index (χ0) is 14.8. The van der Waals surface area contributed by atoms with Gasteiger partial charge in [-0.15, -0.1) is 0 Å². The van der Waals surface area contributed by atoms with Crippen molar-refractivity contribution in [2.45, 2.75) is 31.8 Å². The van der Waals surface area contributed by atoms with E-state index in [9.17, 15) is 0 Å². The van der Waals surface area contributed by atoms with Crippen LogP contribution < -0.4 is 11.1 Å². The third-order valence-electron chi connectivity index (χ3n) is 3.75. The number of aromatic nitrogens is 5. The molecule has 2 aromatic heterocycles. The lowest BCUT2D eigenvalue weighted by Crippen LogP contribution is -2.36. The van der Waals surface area contributed by atoms with Crippen LogP contribution in [-0.4, -0.2) is 55.1 Å². The van der Waals surface area contributed by atoms with E-state index in [2.05, 4.69) is 44.1 Å². The number of nitrogens with one attached hydrogen (secondary N) is 1. The van der Waals surface area contributed by atoms with Crippen LogP contribution in [0.5, 0.6) is 0 Å². The molecule has 1 aliphatic carbocycles. The summed E-state index contributed by atoms with van der Waals surface area (Å²) in [6, 6.07) is 1.14. The van der Waals surface area contributed by atoms with Crippen molar-refractivity contribution in [2.24, 2.45) is 0 Å². The Hall–Kier alpha value is -2.22.